The van der Waals surface area contributed by atoms with Crippen LogP contribution in [0.2, 0.25) is 0 Å². The molecule has 2 N–H and O–H groups in total. The Morgan fingerprint density at radius 1 is 1.53 bits per heavy atom. The van der Waals surface area contributed by atoms with Gasteiger partial charge in [0.25, 0.3) is 0 Å². The standard InChI is InChI=1S/C11H8BrFN2S2/c12-6-1-2-8(13)7(3-6)9-5-17-11(15-9)4-10(14)16/h1-3,5H,4H2,(H2,14,16). The number of nitrogens with zero attached hydrogens (tertiary/aromatic N) is 1. The van der Waals surface area contributed by atoms with Crippen LogP contribution in [0, 0.1) is 5.82 Å². The number of thiazole rings is 1. The molecule has 0 aliphatic rings. The summed E-state index contributed by atoms with van der Waals surface area (Å²) < 4.78 is 14.4. The summed E-state index contributed by atoms with van der Waals surface area (Å²) >= 11 is 9.55. The minimum absolute atomic E-state index is 0.291. The zero-order valence-corrected chi connectivity index (χ0v) is 11.8. The van der Waals surface area contributed by atoms with E-state index in [4.69, 9.17) is 18.0 Å². The molecule has 0 bridgehead atoms. The molecule has 0 saturated carbocycles. The van der Waals surface area contributed by atoms with Crippen molar-refractivity contribution in [2.24, 2.45) is 5.73 Å². The average Bonchev–Trinajstić information content (AvgIpc) is 2.69. The highest BCUT2D eigenvalue weighted by atomic mass is 79.9. The molecular weight excluding hydrogens is 323 g/mol. The number of hydrogen-bond acceptors (Lipinski definition) is 3. The van der Waals surface area contributed by atoms with Gasteiger partial charge in [-0.25, -0.2) is 9.37 Å². The number of halogens is 2. The summed E-state index contributed by atoms with van der Waals surface area (Å²) in [6.45, 7) is 0. The highest BCUT2D eigenvalue weighted by Gasteiger charge is 2.10. The maximum Gasteiger partial charge on any atom is 0.132 e. The Bertz CT molecular complexity index is 568. The number of hydrogen-bond donors (Lipinski definition) is 1. The van der Waals surface area contributed by atoms with E-state index in [0.717, 1.165) is 9.48 Å². The number of aromatic nitrogens is 1. The van der Waals surface area contributed by atoms with E-state index in [9.17, 15) is 4.39 Å². The first kappa shape index (κ1) is 12.6. The molecule has 1 aromatic heterocycles. The Labute approximate surface area is 116 Å². The maximum absolute atomic E-state index is 13.6. The van der Waals surface area contributed by atoms with Gasteiger partial charge in [0, 0.05) is 21.8 Å². The topological polar surface area (TPSA) is 38.9 Å². The van der Waals surface area contributed by atoms with Crippen LogP contribution in [0.1, 0.15) is 5.01 Å². The highest BCUT2D eigenvalue weighted by molar-refractivity contribution is 9.10. The number of benzene rings is 1. The largest absolute Gasteiger partial charge is 0.393 e. The van der Waals surface area contributed by atoms with Crippen LogP contribution in [0.4, 0.5) is 4.39 Å². The second-order valence-corrected chi connectivity index (χ2v) is 5.78. The molecule has 0 unspecified atom stereocenters. The lowest BCUT2D eigenvalue weighted by atomic mass is 10.1. The molecule has 0 aliphatic heterocycles. The molecule has 2 aromatic rings. The Morgan fingerprint density at radius 2 is 2.29 bits per heavy atom. The number of thiocarbonyl (C=S) groups is 1. The van der Waals surface area contributed by atoms with Crippen molar-refractivity contribution in [1.29, 1.82) is 0 Å². The molecule has 1 aromatic carbocycles. The molecule has 0 fully saturated rings. The Morgan fingerprint density at radius 3 is 3.00 bits per heavy atom. The van der Waals surface area contributed by atoms with E-state index >= 15 is 0 Å². The Kier molecular flexibility index (Phi) is 3.86. The first-order chi connectivity index (χ1) is 8.06. The normalized spacial score (nSPS) is 10.5. The van der Waals surface area contributed by atoms with Crippen molar-refractivity contribution in [3.63, 3.8) is 0 Å². The first-order valence-corrected chi connectivity index (χ1v) is 6.82. The highest BCUT2D eigenvalue weighted by Crippen LogP contribution is 2.27. The van der Waals surface area contributed by atoms with Crippen molar-refractivity contribution in [3.8, 4) is 11.3 Å². The van der Waals surface area contributed by atoms with Crippen LogP contribution >= 0.6 is 39.5 Å². The summed E-state index contributed by atoms with van der Waals surface area (Å²) in [5.74, 6) is -0.291. The molecular formula is C11H8BrFN2S2. The predicted octanol–water partition coefficient (Wildman–Crippen LogP) is 3.54. The summed E-state index contributed by atoms with van der Waals surface area (Å²) in [6, 6.07) is 4.77. The quantitative estimate of drug-likeness (QED) is 0.875. The van der Waals surface area contributed by atoms with Crippen LogP contribution < -0.4 is 5.73 Å². The fraction of sp³-hybridized carbons (Fsp3) is 0.0909. The fourth-order valence-corrected chi connectivity index (χ4v) is 2.77. The molecule has 0 atom stereocenters. The number of nitrogens with two attached hydrogens (primary N) is 1. The molecule has 0 saturated heterocycles. The van der Waals surface area contributed by atoms with E-state index in [2.05, 4.69) is 20.9 Å². The molecule has 0 amide bonds. The molecule has 0 spiro atoms. The van der Waals surface area contributed by atoms with Crippen molar-refractivity contribution in [2.75, 3.05) is 0 Å². The van der Waals surface area contributed by atoms with E-state index in [-0.39, 0.29) is 5.82 Å². The summed E-state index contributed by atoms with van der Waals surface area (Å²) in [7, 11) is 0. The third kappa shape index (κ3) is 3.08. The van der Waals surface area contributed by atoms with E-state index in [1.807, 2.05) is 0 Å². The van der Waals surface area contributed by atoms with E-state index < -0.39 is 0 Å². The Hall–Kier alpha value is -0.850. The Balaban J connectivity index is 2.36. The summed E-state index contributed by atoms with van der Waals surface area (Å²) in [5, 5.41) is 2.60. The smallest absolute Gasteiger partial charge is 0.132 e. The van der Waals surface area contributed by atoms with Gasteiger partial charge in [-0.3, -0.25) is 0 Å². The fourth-order valence-electron chi connectivity index (χ4n) is 1.36. The molecule has 1 heterocycles. The molecule has 0 aliphatic carbocycles. The van der Waals surface area contributed by atoms with Gasteiger partial charge in [0.1, 0.15) is 5.82 Å². The molecule has 2 rings (SSSR count). The van der Waals surface area contributed by atoms with Crippen LogP contribution in [0.15, 0.2) is 28.1 Å². The third-order valence-corrected chi connectivity index (χ3v) is 3.57. The van der Waals surface area contributed by atoms with E-state index in [0.29, 0.717) is 22.7 Å². The van der Waals surface area contributed by atoms with Gasteiger partial charge in [-0.05, 0) is 18.2 Å². The van der Waals surface area contributed by atoms with Crippen molar-refractivity contribution in [3.05, 3.63) is 38.9 Å². The predicted molar refractivity (Wildman–Crippen MR) is 75.7 cm³/mol. The van der Waals surface area contributed by atoms with Crippen molar-refractivity contribution in [1.82, 2.24) is 4.98 Å². The zero-order chi connectivity index (χ0) is 12.4. The van der Waals surface area contributed by atoms with Gasteiger partial charge < -0.3 is 5.73 Å². The average molecular weight is 331 g/mol. The van der Waals surface area contributed by atoms with Crippen LogP contribution in [-0.4, -0.2) is 9.97 Å². The second-order valence-electron chi connectivity index (χ2n) is 3.39. The number of rotatable bonds is 3. The van der Waals surface area contributed by atoms with Crippen molar-refractivity contribution < 1.29 is 4.39 Å². The van der Waals surface area contributed by atoms with Gasteiger partial charge in [-0.2, -0.15) is 0 Å². The minimum atomic E-state index is -0.291. The van der Waals surface area contributed by atoms with Crippen LogP contribution in [0.5, 0.6) is 0 Å². The van der Waals surface area contributed by atoms with Gasteiger partial charge in [0.2, 0.25) is 0 Å². The van der Waals surface area contributed by atoms with E-state index in [1.54, 1.807) is 17.5 Å². The second kappa shape index (κ2) is 5.20. The van der Waals surface area contributed by atoms with Gasteiger partial charge in [-0.1, -0.05) is 28.1 Å². The third-order valence-electron chi connectivity index (χ3n) is 2.08. The summed E-state index contributed by atoms with van der Waals surface area (Å²) in [6.07, 6.45) is 0.454. The molecule has 6 heteroatoms. The van der Waals surface area contributed by atoms with Gasteiger partial charge in [0.15, 0.2) is 0 Å². The molecule has 2 nitrogen and oxygen atoms in total. The molecule has 0 radical (unpaired) electrons. The molecule has 88 valence electrons. The minimum Gasteiger partial charge on any atom is -0.393 e. The van der Waals surface area contributed by atoms with Crippen molar-refractivity contribution in [2.45, 2.75) is 6.42 Å². The maximum atomic E-state index is 13.6. The van der Waals surface area contributed by atoms with Gasteiger partial charge in [0.05, 0.1) is 15.7 Å². The lowest BCUT2D eigenvalue weighted by Gasteiger charge is -2.00. The summed E-state index contributed by atoms with van der Waals surface area (Å²) in [4.78, 5) is 4.70. The van der Waals surface area contributed by atoms with Gasteiger partial charge in [-0.15, -0.1) is 11.3 Å². The summed E-state index contributed by atoms with van der Waals surface area (Å²) in [5.41, 5.74) is 6.53. The van der Waals surface area contributed by atoms with Crippen molar-refractivity contribution >= 4 is 44.5 Å². The van der Waals surface area contributed by atoms with Crippen LogP contribution in [0.3, 0.4) is 0 Å². The lowest BCUT2D eigenvalue weighted by Crippen LogP contribution is -2.10. The lowest BCUT2D eigenvalue weighted by molar-refractivity contribution is 0.630. The monoisotopic (exact) mass is 330 g/mol. The molecule has 17 heavy (non-hydrogen) atoms. The SMILES string of the molecule is NC(=S)Cc1nc(-c2cc(Br)ccc2F)cs1. The first-order valence-electron chi connectivity index (χ1n) is 4.74. The van der Waals surface area contributed by atoms with E-state index in [1.165, 1.54) is 17.4 Å². The zero-order valence-electron chi connectivity index (χ0n) is 8.61. The van der Waals surface area contributed by atoms with Crippen LogP contribution in [-0.2, 0) is 6.42 Å². The van der Waals surface area contributed by atoms with Crippen LogP contribution in [0.25, 0.3) is 11.3 Å². The van der Waals surface area contributed by atoms with Gasteiger partial charge >= 0.3 is 0 Å².